The molecule has 35 heavy (non-hydrogen) atoms. The minimum Gasteiger partial charge on any atom is -0.353 e. The minimum atomic E-state index is 0.0802. The molecule has 0 spiro atoms. The zero-order valence-corrected chi connectivity index (χ0v) is 22.3. The Bertz CT molecular complexity index is 930. The molecule has 4 heteroatoms. The van der Waals surface area contributed by atoms with Crippen molar-refractivity contribution in [2.45, 2.75) is 97.1 Å². The van der Waals surface area contributed by atoms with E-state index in [1.165, 1.54) is 51.4 Å². The highest BCUT2D eigenvalue weighted by Gasteiger charge is 2.63. The maximum absolute atomic E-state index is 14.1. The molecule has 8 atom stereocenters. The molecule has 0 saturated heterocycles. The van der Waals surface area contributed by atoms with Gasteiger partial charge in [0.15, 0.2) is 0 Å². The van der Waals surface area contributed by atoms with Gasteiger partial charge in [-0.15, -0.1) is 0 Å². The first-order valence-corrected chi connectivity index (χ1v) is 15.0. The largest absolute Gasteiger partial charge is 0.353 e. The third-order valence-corrected chi connectivity index (χ3v) is 13.3. The van der Waals surface area contributed by atoms with Crippen LogP contribution < -0.4 is 5.32 Å². The molecule has 0 aromatic heterocycles. The lowest BCUT2D eigenvalue weighted by atomic mass is 9.47. The number of carbonyl (C=O) groups excluding carboxylic acids is 2. The van der Waals surface area contributed by atoms with Gasteiger partial charge in [0.2, 0.25) is 11.8 Å². The molecule has 2 amide bonds. The van der Waals surface area contributed by atoms with E-state index in [-0.39, 0.29) is 22.7 Å². The molecule has 7 fully saturated rings. The fourth-order valence-electron chi connectivity index (χ4n) is 12.1. The predicted octanol–water partition coefficient (Wildman–Crippen LogP) is 5.43. The van der Waals surface area contributed by atoms with Crippen molar-refractivity contribution in [2.75, 3.05) is 7.05 Å². The predicted molar refractivity (Wildman–Crippen MR) is 137 cm³/mol. The quantitative estimate of drug-likeness (QED) is 0.575. The van der Waals surface area contributed by atoms with Crippen LogP contribution in [0.3, 0.4) is 0 Å². The molecule has 8 aliphatic rings. The third-order valence-electron chi connectivity index (χ3n) is 13.3. The van der Waals surface area contributed by atoms with Gasteiger partial charge in [-0.2, -0.15) is 0 Å². The van der Waals surface area contributed by atoms with Gasteiger partial charge < -0.3 is 10.2 Å². The lowest BCUT2D eigenvalue weighted by molar-refractivity contribution is -0.144. The first-order chi connectivity index (χ1) is 16.7. The van der Waals surface area contributed by atoms with Crippen molar-refractivity contribution in [1.82, 2.24) is 10.2 Å². The second-order valence-corrected chi connectivity index (χ2v) is 14.8. The zero-order chi connectivity index (χ0) is 24.3. The SMILES string of the molecule is CC1C[C@H]2[C@@H]3CCC4N(C)C(=O)C=C[C@]4(C)[C@@H]3CC[C@]2(C)C1C(=O)NC1C2CC3CC(C2)CC1C3. The van der Waals surface area contributed by atoms with Gasteiger partial charge in [0.25, 0.3) is 0 Å². The van der Waals surface area contributed by atoms with Crippen LogP contribution in [-0.4, -0.2) is 35.8 Å². The molecule has 3 unspecified atom stereocenters. The van der Waals surface area contributed by atoms with Crippen LogP contribution in [0.1, 0.15) is 85.0 Å². The van der Waals surface area contributed by atoms with Gasteiger partial charge in [-0.1, -0.05) is 26.8 Å². The number of rotatable bonds is 2. The number of hydrogen-bond acceptors (Lipinski definition) is 2. The fourth-order valence-corrected chi connectivity index (χ4v) is 12.1. The molecule has 1 aliphatic heterocycles. The average molecular weight is 479 g/mol. The van der Waals surface area contributed by atoms with Crippen LogP contribution in [0.5, 0.6) is 0 Å². The van der Waals surface area contributed by atoms with Crippen LogP contribution in [0, 0.1) is 64.1 Å². The molecule has 8 rings (SSSR count). The van der Waals surface area contributed by atoms with Gasteiger partial charge in [0.05, 0.1) is 0 Å². The fraction of sp³-hybridized carbons (Fsp3) is 0.871. The molecule has 0 radical (unpaired) electrons. The molecule has 7 aliphatic carbocycles. The van der Waals surface area contributed by atoms with Crippen LogP contribution in [0.25, 0.3) is 0 Å². The van der Waals surface area contributed by atoms with Crippen molar-refractivity contribution in [2.24, 2.45) is 64.1 Å². The maximum Gasteiger partial charge on any atom is 0.246 e. The molecular weight excluding hydrogens is 432 g/mol. The van der Waals surface area contributed by atoms with Gasteiger partial charge >= 0.3 is 0 Å². The van der Waals surface area contributed by atoms with Gasteiger partial charge in [0.1, 0.15) is 0 Å². The van der Waals surface area contributed by atoms with Gasteiger partial charge in [0, 0.05) is 30.5 Å². The van der Waals surface area contributed by atoms with E-state index in [1.807, 2.05) is 18.0 Å². The Kier molecular flexibility index (Phi) is 4.96. The van der Waals surface area contributed by atoms with Crippen LogP contribution in [-0.2, 0) is 9.59 Å². The summed E-state index contributed by atoms with van der Waals surface area (Å²) in [6.07, 6.45) is 16.9. The van der Waals surface area contributed by atoms with Crippen molar-refractivity contribution < 1.29 is 9.59 Å². The normalized spacial score (nSPS) is 55.9. The first-order valence-electron chi connectivity index (χ1n) is 15.0. The van der Waals surface area contributed by atoms with E-state index >= 15 is 0 Å². The molecule has 1 heterocycles. The third kappa shape index (κ3) is 3.10. The Morgan fingerprint density at radius 1 is 0.971 bits per heavy atom. The summed E-state index contributed by atoms with van der Waals surface area (Å²) in [5, 5.41) is 3.73. The standard InChI is InChI=1S/C31H46N2O2/c1-17-11-24-22-5-6-25-30(2,10-8-26(34)33(25)4)23(22)7-9-31(24,3)27(17)29(35)32-28-20-13-18-12-19(15-20)16-21(28)14-18/h8,10,17-25,27-28H,5-7,9,11-16H2,1-4H3,(H,32,35)/t17?,18?,19?,20?,21?,22-,23-,24+,25?,27?,28?,30-,31+/m1/s1. The molecule has 4 bridgehead atoms. The number of amides is 2. The van der Waals surface area contributed by atoms with Crippen molar-refractivity contribution in [1.29, 1.82) is 0 Å². The Hall–Kier alpha value is -1.32. The van der Waals surface area contributed by atoms with Crippen LogP contribution >= 0.6 is 0 Å². The zero-order valence-electron chi connectivity index (χ0n) is 22.3. The molecule has 0 aromatic carbocycles. The van der Waals surface area contributed by atoms with Gasteiger partial charge in [-0.3, -0.25) is 9.59 Å². The number of nitrogens with zero attached hydrogens (tertiary/aromatic N) is 1. The molecule has 0 aromatic rings. The van der Waals surface area contributed by atoms with Crippen molar-refractivity contribution >= 4 is 11.8 Å². The highest BCUT2D eigenvalue weighted by atomic mass is 16.2. The molecular formula is C31H46N2O2. The van der Waals surface area contributed by atoms with Crippen molar-refractivity contribution in [3.63, 3.8) is 0 Å². The number of carbonyl (C=O) groups is 2. The van der Waals surface area contributed by atoms with E-state index in [0.717, 1.165) is 36.5 Å². The first kappa shape index (κ1) is 22.8. The summed E-state index contributed by atoms with van der Waals surface area (Å²) in [6, 6.07) is 0.789. The van der Waals surface area contributed by atoms with E-state index in [2.05, 4.69) is 32.2 Å². The van der Waals surface area contributed by atoms with Crippen LogP contribution in [0.2, 0.25) is 0 Å². The maximum atomic E-state index is 14.1. The van der Waals surface area contributed by atoms with Crippen molar-refractivity contribution in [3.8, 4) is 0 Å². The summed E-state index contributed by atoms with van der Waals surface area (Å²) in [4.78, 5) is 28.5. The Morgan fingerprint density at radius 2 is 1.66 bits per heavy atom. The van der Waals surface area contributed by atoms with Gasteiger partial charge in [-0.25, -0.2) is 0 Å². The number of nitrogens with one attached hydrogen (secondary N) is 1. The van der Waals surface area contributed by atoms with E-state index < -0.39 is 0 Å². The summed E-state index contributed by atoms with van der Waals surface area (Å²) >= 11 is 0. The van der Waals surface area contributed by atoms with E-state index in [9.17, 15) is 9.59 Å². The summed E-state index contributed by atoms with van der Waals surface area (Å²) < 4.78 is 0. The monoisotopic (exact) mass is 478 g/mol. The minimum absolute atomic E-state index is 0.0802. The summed E-state index contributed by atoms with van der Waals surface area (Å²) in [5.74, 6) is 6.56. The van der Waals surface area contributed by atoms with E-state index in [1.54, 1.807) is 0 Å². The Morgan fingerprint density at radius 3 is 2.34 bits per heavy atom. The van der Waals surface area contributed by atoms with E-state index in [4.69, 9.17) is 0 Å². The Balaban J connectivity index is 1.12. The number of fused-ring (bicyclic) bond motifs is 5. The van der Waals surface area contributed by atoms with Crippen molar-refractivity contribution in [3.05, 3.63) is 12.2 Å². The second-order valence-electron chi connectivity index (χ2n) is 14.8. The highest BCUT2D eigenvalue weighted by Crippen LogP contribution is 2.67. The highest BCUT2D eigenvalue weighted by molar-refractivity contribution is 5.89. The van der Waals surface area contributed by atoms with Gasteiger partial charge in [-0.05, 0) is 123 Å². The van der Waals surface area contributed by atoms with Crippen LogP contribution in [0.15, 0.2) is 12.2 Å². The smallest absolute Gasteiger partial charge is 0.246 e. The lowest BCUT2D eigenvalue weighted by Crippen LogP contribution is -2.60. The number of likely N-dealkylation sites (N-methyl/N-ethyl adjacent to an activating group) is 1. The van der Waals surface area contributed by atoms with Crippen LogP contribution in [0.4, 0.5) is 0 Å². The van der Waals surface area contributed by atoms with E-state index in [0.29, 0.717) is 41.7 Å². The second kappa shape index (κ2) is 7.60. The average Bonchev–Trinajstić information content (AvgIpc) is 3.08. The molecule has 192 valence electrons. The Labute approximate surface area is 212 Å². The summed E-state index contributed by atoms with van der Waals surface area (Å²) in [7, 11) is 2.00. The number of hydrogen-bond donors (Lipinski definition) is 1. The lowest BCUT2D eigenvalue weighted by Gasteiger charge is -2.60. The summed E-state index contributed by atoms with van der Waals surface area (Å²) in [5.41, 5.74) is 0.205. The molecule has 4 nitrogen and oxygen atoms in total. The summed E-state index contributed by atoms with van der Waals surface area (Å²) in [6.45, 7) is 7.28. The molecule has 1 N–H and O–H groups in total. The molecule has 7 saturated carbocycles. The topological polar surface area (TPSA) is 49.4 Å².